The Morgan fingerprint density at radius 3 is 2.84 bits per heavy atom. The highest BCUT2D eigenvalue weighted by Crippen LogP contribution is 2.25. The van der Waals surface area contributed by atoms with E-state index in [9.17, 15) is 4.79 Å². The summed E-state index contributed by atoms with van der Waals surface area (Å²) in [5.74, 6) is -0.111. The average molecular weight is 257 g/mol. The number of benzene rings is 1. The minimum absolute atomic E-state index is 0.000438. The first-order valence-electron chi connectivity index (χ1n) is 6.70. The molecule has 1 saturated carbocycles. The van der Waals surface area contributed by atoms with E-state index >= 15 is 0 Å². The van der Waals surface area contributed by atoms with E-state index in [1.165, 1.54) is 0 Å². The van der Waals surface area contributed by atoms with Crippen LogP contribution in [0.5, 0.6) is 0 Å². The molecule has 0 bridgehead atoms. The Morgan fingerprint density at radius 1 is 1.42 bits per heavy atom. The zero-order valence-corrected chi connectivity index (χ0v) is 10.9. The lowest BCUT2D eigenvalue weighted by Crippen LogP contribution is -2.38. The number of nitrogens with one attached hydrogen (secondary N) is 1. The number of carbonyl (C=O) groups excluding carboxylic acids is 1. The van der Waals surface area contributed by atoms with Crippen LogP contribution in [0.4, 0.5) is 0 Å². The third-order valence-electron chi connectivity index (χ3n) is 3.66. The van der Waals surface area contributed by atoms with Gasteiger partial charge in [0.05, 0.1) is 12.0 Å². The Morgan fingerprint density at radius 2 is 2.16 bits per heavy atom. The zero-order chi connectivity index (χ0) is 13.7. The molecule has 1 fully saturated rings. The lowest BCUT2D eigenvalue weighted by Gasteiger charge is -2.17. The van der Waals surface area contributed by atoms with Crippen LogP contribution < -0.4 is 11.1 Å². The maximum absolute atomic E-state index is 11.9. The van der Waals surface area contributed by atoms with Crippen LogP contribution in [0.3, 0.4) is 0 Å². The molecular weight excluding hydrogens is 238 g/mol. The molecule has 1 aliphatic rings. The molecule has 0 radical (unpaired) electrons. The van der Waals surface area contributed by atoms with Crippen LogP contribution in [-0.4, -0.2) is 11.9 Å². The van der Waals surface area contributed by atoms with Crippen molar-refractivity contribution in [1.82, 2.24) is 5.32 Å². The van der Waals surface area contributed by atoms with Gasteiger partial charge in [-0.3, -0.25) is 4.79 Å². The van der Waals surface area contributed by atoms with E-state index in [2.05, 4.69) is 11.4 Å². The van der Waals surface area contributed by atoms with Crippen molar-refractivity contribution in [3.8, 4) is 6.07 Å². The van der Waals surface area contributed by atoms with Gasteiger partial charge in [0.1, 0.15) is 0 Å². The summed E-state index contributed by atoms with van der Waals surface area (Å²) in [7, 11) is 0. The minimum Gasteiger partial charge on any atom is -0.352 e. The standard InChI is InChI=1S/C15H19N3O/c16-10-12-7-4-8-14(12)18-15(19)9-13(17)11-5-2-1-3-6-11/h1-3,5-6,12-14H,4,7-9,17H2,(H,18,19). The molecule has 1 aromatic rings. The molecule has 4 nitrogen and oxygen atoms in total. The third kappa shape index (κ3) is 3.55. The number of carbonyl (C=O) groups is 1. The summed E-state index contributed by atoms with van der Waals surface area (Å²) in [5, 5.41) is 11.9. The molecule has 3 unspecified atom stereocenters. The molecule has 0 aromatic heterocycles. The summed E-state index contributed by atoms with van der Waals surface area (Å²) in [6.07, 6.45) is 3.04. The maximum atomic E-state index is 11.9. The van der Waals surface area contributed by atoms with Crippen LogP contribution in [-0.2, 0) is 4.79 Å². The van der Waals surface area contributed by atoms with E-state index in [0.717, 1.165) is 24.8 Å². The fourth-order valence-corrected chi connectivity index (χ4v) is 2.57. The van der Waals surface area contributed by atoms with Crippen molar-refractivity contribution in [3.05, 3.63) is 35.9 Å². The molecule has 19 heavy (non-hydrogen) atoms. The van der Waals surface area contributed by atoms with Gasteiger partial charge in [-0.2, -0.15) is 5.26 Å². The SMILES string of the molecule is N#CC1CCCC1NC(=O)CC(N)c1ccccc1. The molecule has 4 heteroatoms. The number of nitrogens with zero attached hydrogens (tertiary/aromatic N) is 1. The second kappa shape index (κ2) is 6.35. The van der Waals surface area contributed by atoms with Crippen LogP contribution in [0.25, 0.3) is 0 Å². The smallest absolute Gasteiger partial charge is 0.222 e. The van der Waals surface area contributed by atoms with Gasteiger partial charge in [0, 0.05) is 18.5 Å². The maximum Gasteiger partial charge on any atom is 0.222 e. The topological polar surface area (TPSA) is 78.9 Å². The average Bonchev–Trinajstić information content (AvgIpc) is 2.86. The number of hydrogen-bond acceptors (Lipinski definition) is 3. The fourth-order valence-electron chi connectivity index (χ4n) is 2.57. The molecule has 1 amide bonds. The Kier molecular flexibility index (Phi) is 4.53. The van der Waals surface area contributed by atoms with Crippen LogP contribution in [0.1, 0.15) is 37.3 Å². The minimum atomic E-state index is -0.289. The van der Waals surface area contributed by atoms with E-state index in [4.69, 9.17) is 11.0 Å². The first kappa shape index (κ1) is 13.6. The molecule has 1 aromatic carbocycles. The Hall–Kier alpha value is -1.86. The van der Waals surface area contributed by atoms with Gasteiger partial charge >= 0.3 is 0 Å². The summed E-state index contributed by atoms with van der Waals surface area (Å²) in [5.41, 5.74) is 6.97. The summed E-state index contributed by atoms with van der Waals surface area (Å²) in [6, 6.07) is 11.6. The normalized spacial score (nSPS) is 23.6. The summed E-state index contributed by atoms with van der Waals surface area (Å²) >= 11 is 0. The molecule has 3 N–H and O–H groups in total. The molecule has 0 aliphatic heterocycles. The van der Waals surface area contributed by atoms with Crippen molar-refractivity contribution < 1.29 is 4.79 Å². The predicted molar refractivity (Wildman–Crippen MR) is 72.9 cm³/mol. The molecule has 3 atom stereocenters. The second-order valence-electron chi connectivity index (χ2n) is 5.06. The molecule has 0 heterocycles. The van der Waals surface area contributed by atoms with Crippen molar-refractivity contribution >= 4 is 5.91 Å². The van der Waals surface area contributed by atoms with Crippen LogP contribution in [0, 0.1) is 17.2 Å². The monoisotopic (exact) mass is 257 g/mol. The van der Waals surface area contributed by atoms with Crippen molar-refractivity contribution in [2.75, 3.05) is 0 Å². The third-order valence-corrected chi connectivity index (χ3v) is 3.66. The van der Waals surface area contributed by atoms with Crippen LogP contribution in [0.15, 0.2) is 30.3 Å². The van der Waals surface area contributed by atoms with Gasteiger partial charge in [-0.15, -0.1) is 0 Å². The Labute approximate surface area is 113 Å². The van der Waals surface area contributed by atoms with Crippen molar-refractivity contribution in [3.63, 3.8) is 0 Å². The van der Waals surface area contributed by atoms with E-state index in [-0.39, 0.29) is 30.3 Å². The first-order valence-corrected chi connectivity index (χ1v) is 6.70. The molecule has 2 rings (SSSR count). The van der Waals surface area contributed by atoms with Crippen molar-refractivity contribution in [2.24, 2.45) is 11.7 Å². The van der Waals surface area contributed by atoms with E-state index in [1.807, 2.05) is 30.3 Å². The first-order chi connectivity index (χ1) is 9.20. The highest BCUT2D eigenvalue weighted by atomic mass is 16.1. The molecule has 0 saturated heterocycles. The lowest BCUT2D eigenvalue weighted by atomic mass is 10.0. The molecule has 1 aliphatic carbocycles. The van der Waals surface area contributed by atoms with Crippen molar-refractivity contribution in [1.29, 1.82) is 5.26 Å². The van der Waals surface area contributed by atoms with E-state index < -0.39 is 0 Å². The highest BCUT2D eigenvalue weighted by Gasteiger charge is 2.28. The summed E-state index contributed by atoms with van der Waals surface area (Å²) in [4.78, 5) is 11.9. The highest BCUT2D eigenvalue weighted by molar-refractivity contribution is 5.77. The lowest BCUT2D eigenvalue weighted by molar-refractivity contribution is -0.122. The Bertz CT molecular complexity index is 466. The summed E-state index contributed by atoms with van der Waals surface area (Å²) in [6.45, 7) is 0. The number of hydrogen-bond donors (Lipinski definition) is 2. The molecule has 100 valence electrons. The molecular formula is C15H19N3O. The van der Waals surface area contributed by atoms with E-state index in [1.54, 1.807) is 0 Å². The fraction of sp³-hybridized carbons (Fsp3) is 0.467. The van der Waals surface area contributed by atoms with Gasteiger partial charge in [-0.05, 0) is 24.8 Å². The number of nitriles is 1. The van der Waals surface area contributed by atoms with Gasteiger partial charge in [-0.1, -0.05) is 30.3 Å². The van der Waals surface area contributed by atoms with Crippen LogP contribution in [0.2, 0.25) is 0 Å². The van der Waals surface area contributed by atoms with E-state index in [0.29, 0.717) is 0 Å². The van der Waals surface area contributed by atoms with Gasteiger partial charge < -0.3 is 11.1 Å². The summed E-state index contributed by atoms with van der Waals surface area (Å²) < 4.78 is 0. The molecule has 0 spiro atoms. The quantitative estimate of drug-likeness (QED) is 0.864. The van der Waals surface area contributed by atoms with Crippen LogP contribution >= 0.6 is 0 Å². The number of amides is 1. The number of rotatable bonds is 4. The van der Waals surface area contributed by atoms with Gasteiger partial charge in [0.15, 0.2) is 0 Å². The zero-order valence-electron chi connectivity index (χ0n) is 10.9. The van der Waals surface area contributed by atoms with Crippen molar-refractivity contribution in [2.45, 2.75) is 37.8 Å². The second-order valence-corrected chi connectivity index (χ2v) is 5.06. The Balaban J connectivity index is 1.86. The largest absolute Gasteiger partial charge is 0.352 e. The van der Waals surface area contributed by atoms with Gasteiger partial charge in [-0.25, -0.2) is 0 Å². The number of nitrogens with two attached hydrogens (primary N) is 1. The van der Waals surface area contributed by atoms with Gasteiger partial charge in [0.2, 0.25) is 5.91 Å². The van der Waals surface area contributed by atoms with Gasteiger partial charge in [0.25, 0.3) is 0 Å². The predicted octanol–water partition coefficient (Wildman–Crippen LogP) is 1.88.